The molecule has 3 unspecified atom stereocenters. The molecule has 2 fully saturated rings. The summed E-state index contributed by atoms with van der Waals surface area (Å²) in [5.41, 5.74) is -0.678. The predicted molar refractivity (Wildman–Crippen MR) is 83.8 cm³/mol. The highest BCUT2D eigenvalue weighted by Crippen LogP contribution is 2.34. The highest BCUT2D eigenvalue weighted by Gasteiger charge is 2.51. The van der Waals surface area contributed by atoms with Gasteiger partial charge in [-0.3, -0.25) is 9.59 Å². The number of hydrogen-bond acceptors (Lipinski definition) is 2. The number of piperazine rings is 1. The van der Waals surface area contributed by atoms with Crippen molar-refractivity contribution in [2.24, 2.45) is 5.92 Å². The summed E-state index contributed by atoms with van der Waals surface area (Å²) in [6, 6.07) is -0.0992. The molecule has 0 bridgehead atoms. The smallest absolute Gasteiger partial charge is 0.246 e. The van der Waals surface area contributed by atoms with Crippen LogP contribution in [0.25, 0.3) is 0 Å². The van der Waals surface area contributed by atoms with Gasteiger partial charge in [0.25, 0.3) is 0 Å². The van der Waals surface area contributed by atoms with Gasteiger partial charge in [0, 0.05) is 6.04 Å². The average Bonchev–Trinajstić information content (AvgIpc) is 2.51. The monoisotopic (exact) mass is 294 g/mol. The van der Waals surface area contributed by atoms with Crippen molar-refractivity contribution in [3.8, 4) is 0 Å². The van der Waals surface area contributed by atoms with E-state index in [2.05, 4.69) is 19.2 Å². The van der Waals surface area contributed by atoms with E-state index in [1.54, 1.807) is 0 Å². The molecule has 0 radical (unpaired) electrons. The highest BCUT2D eigenvalue weighted by atomic mass is 16.2. The molecule has 120 valence electrons. The second-order valence-electron chi connectivity index (χ2n) is 6.96. The fourth-order valence-corrected chi connectivity index (χ4v) is 3.74. The van der Waals surface area contributed by atoms with Crippen LogP contribution in [-0.4, -0.2) is 34.3 Å². The summed E-state index contributed by atoms with van der Waals surface area (Å²) in [4.78, 5) is 27.7. The van der Waals surface area contributed by atoms with Gasteiger partial charge in [0.05, 0.1) is 0 Å². The molecule has 0 aromatic rings. The molecule has 4 heteroatoms. The zero-order valence-corrected chi connectivity index (χ0v) is 13.9. The fraction of sp³-hybridized carbons (Fsp3) is 0.882. The van der Waals surface area contributed by atoms with Gasteiger partial charge in [0.15, 0.2) is 0 Å². The third kappa shape index (κ3) is 2.82. The Bertz CT molecular complexity index is 404. The van der Waals surface area contributed by atoms with E-state index in [0.717, 1.165) is 19.3 Å². The maximum atomic E-state index is 13.1. The molecule has 1 saturated carbocycles. The number of carbonyl (C=O) groups is 2. The Morgan fingerprint density at radius 2 is 1.86 bits per heavy atom. The first kappa shape index (κ1) is 16.3. The molecule has 2 rings (SSSR count). The molecule has 0 spiro atoms. The summed E-state index contributed by atoms with van der Waals surface area (Å²) >= 11 is 0. The van der Waals surface area contributed by atoms with Gasteiger partial charge in [-0.1, -0.05) is 46.5 Å². The van der Waals surface area contributed by atoms with Gasteiger partial charge in [-0.25, -0.2) is 0 Å². The Kier molecular flexibility index (Phi) is 4.95. The summed E-state index contributed by atoms with van der Waals surface area (Å²) in [5.74, 6) is 0.356. The molecule has 1 aliphatic heterocycles. The van der Waals surface area contributed by atoms with Crippen LogP contribution in [0.5, 0.6) is 0 Å². The lowest BCUT2D eigenvalue weighted by molar-refractivity contribution is -0.162. The normalized spacial score (nSPS) is 33.0. The number of carbonyl (C=O) groups excluding carboxylic acids is 2. The van der Waals surface area contributed by atoms with E-state index in [0.29, 0.717) is 6.42 Å². The number of nitrogens with one attached hydrogen (secondary N) is 1. The first-order valence-electron chi connectivity index (χ1n) is 8.59. The Morgan fingerprint density at radius 1 is 1.24 bits per heavy atom. The Labute approximate surface area is 128 Å². The molecule has 1 heterocycles. The Hall–Kier alpha value is -1.06. The molecule has 0 aromatic carbocycles. The third-order valence-corrected chi connectivity index (χ3v) is 5.65. The average molecular weight is 294 g/mol. The summed E-state index contributed by atoms with van der Waals surface area (Å²) < 4.78 is 0. The summed E-state index contributed by atoms with van der Waals surface area (Å²) in [6.45, 7) is 8.06. The van der Waals surface area contributed by atoms with Crippen LogP contribution in [0.2, 0.25) is 0 Å². The maximum absolute atomic E-state index is 13.1. The minimum Gasteiger partial charge on any atom is -0.342 e. The molecule has 2 aliphatic rings. The number of nitrogens with zero attached hydrogens (tertiary/aromatic N) is 1. The minimum atomic E-state index is -0.678. The van der Waals surface area contributed by atoms with Gasteiger partial charge in [0.1, 0.15) is 11.6 Å². The van der Waals surface area contributed by atoms with E-state index >= 15 is 0 Å². The molecule has 3 atom stereocenters. The molecule has 0 aromatic heterocycles. The van der Waals surface area contributed by atoms with Crippen molar-refractivity contribution in [2.45, 2.75) is 90.3 Å². The van der Waals surface area contributed by atoms with Crippen molar-refractivity contribution in [3.05, 3.63) is 0 Å². The van der Waals surface area contributed by atoms with Gasteiger partial charge in [-0.2, -0.15) is 0 Å². The van der Waals surface area contributed by atoms with Crippen LogP contribution in [0.1, 0.15) is 72.6 Å². The number of amides is 2. The Morgan fingerprint density at radius 3 is 2.38 bits per heavy atom. The fourth-order valence-electron chi connectivity index (χ4n) is 3.74. The molecular weight excluding hydrogens is 264 g/mol. The quantitative estimate of drug-likeness (QED) is 0.866. The lowest BCUT2D eigenvalue weighted by Gasteiger charge is -2.51. The van der Waals surface area contributed by atoms with Crippen LogP contribution >= 0.6 is 0 Å². The van der Waals surface area contributed by atoms with Crippen LogP contribution < -0.4 is 5.32 Å². The minimum absolute atomic E-state index is 0.0282. The summed E-state index contributed by atoms with van der Waals surface area (Å²) in [7, 11) is 0. The zero-order chi connectivity index (χ0) is 15.6. The molecular formula is C17H30N2O2. The predicted octanol–water partition coefficient (Wildman–Crippen LogP) is 2.86. The van der Waals surface area contributed by atoms with Crippen molar-refractivity contribution in [3.63, 3.8) is 0 Å². The van der Waals surface area contributed by atoms with Crippen molar-refractivity contribution >= 4 is 11.8 Å². The molecule has 2 amide bonds. The molecule has 1 aliphatic carbocycles. The van der Waals surface area contributed by atoms with Gasteiger partial charge in [-0.15, -0.1) is 0 Å². The first-order chi connectivity index (χ1) is 9.95. The molecule has 1 saturated heterocycles. The van der Waals surface area contributed by atoms with E-state index in [9.17, 15) is 9.59 Å². The molecule has 4 nitrogen and oxygen atoms in total. The first-order valence-corrected chi connectivity index (χ1v) is 8.59. The van der Waals surface area contributed by atoms with Gasteiger partial charge in [0.2, 0.25) is 11.8 Å². The third-order valence-electron chi connectivity index (χ3n) is 5.65. The van der Waals surface area contributed by atoms with Crippen molar-refractivity contribution in [1.82, 2.24) is 10.2 Å². The van der Waals surface area contributed by atoms with Crippen LogP contribution in [-0.2, 0) is 9.59 Å². The molecule has 21 heavy (non-hydrogen) atoms. The van der Waals surface area contributed by atoms with Crippen LogP contribution in [0.3, 0.4) is 0 Å². The zero-order valence-electron chi connectivity index (χ0n) is 13.9. The van der Waals surface area contributed by atoms with Crippen molar-refractivity contribution in [1.29, 1.82) is 0 Å². The Balaban J connectivity index is 2.32. The number of rotatable bonds is 4. The highest BCUT2D eigenvalue weighted by molar-refractivity contribution is 5.99. The topological polar surface area (TPSA) is 49.4 Å². The van der Waals surface area contributed by atoms with E-state index in [4.69, 9.17) is 0 Å². The summed E-state index contributed by atoms with van der Waals surface area (Å²) in [6.07, 6.45) is 7.26. The lowest BCUT2D eigenvalue weighted by Crippen LogP contribution is -2.72. The second kappa shape index (κ2) is 6.37. The standard InChI is InChI=1S/C17H30N2O2/c1-5-12(3)14-15(20)19(13-10-8-7-9-11-13)17(4,6-2)16(21)18-14/h12-14H,5-11H2,1-4H3,(H,18,21). The van der Waals surface area contributed by atoms with E-state index in [1.165, 1.54) is 19.3 Å². The molecule has 1 N–H and O–H groups in total. The lowest BCUT2D eigenvalue weighted by atomic mass is 9.82. The van der Waals surface area contributed by atoms with E-state index < -0.39 is 5.54 Å². The largest absolute Gasteiger partial charge is 0.342 e. The summed E-state index contributed by atoms with van der Waals surface area (Å²) in [5, 5.41) is 3.00. The van der Waals surface area contributed by atoms with Crippen molar-refractivity contribution < 1.29 is 9.59 Å². The van der Waals surface area contributed by atoms with Gasteiger partial charge >= 0.3 is 0 Å². The van der Waals surface area contributed by atoms with Gasteiger partial charge < -0.3 is 10.2 Å². The second-order valence-corrected chi connectivity index (χ2v) is 6.96. The van der Waals surface area contributed by atoms with E-state index in [-0.39, 0.29) is 29.8 Å². The van der Waals surface area contributed by atoms with Crippen molar-refractivity contribution in [2.75, 3.05) is 0 Å². The number of hydrogen-bond donors (Lipinski definition) is 1. The van der Waals surface area contributed by atoms with Crippen LogP contribution in [0, 0.1) is 5.92 Å². The van der Waals surface area contributed by atoms with Crippen LogP contribution in [0.4, 0.5) is 0 Å². The van der Waals surface area contributed by atoms with Crippen LogP contribution in [0.15, 0.2) is 0 Å². The van der Waals surface area contributed by atoms with Gasteiger partial charge in [-0.05, 0) is 32.1 Å². The maximum Gasteiger partial charge on any atom is 0.246 e. The van der Waals surface area contributed by atoms with E-state index in [1.807, 2.05) is 18.7 Å². The SMILES string of the molecule is CCC(C)C1NC(=O)C(C)(CC)N(C2CCCCC2)C1=O.